The molecule has 4 nitrogen and oxygen atoms in total. The predicted octanol–water partition coefficient (Wildman–Crippen LogP) is 5.86. The minimum Gasteiger partial charge on any atom is -0.325 e. The van der Waals surface area contributed by atoms with Crippen LogP contribution in [0, 0.1) is 12.7 Å². The minimum absolute atomic E-state index is 0.0997. The molecule has 0 saturated carbocycles. The van der Waals surface area contributed by atoms with Crippen LogP contribution in [0.25, 0.3) is 22.0 Å². The fourth-order valence-corrected chi connectivity index (χ4v) is 3.98. The van der Waals surface area contributed by atoms with Crippen molar-refractivity contribution in [3.8, 4) is 11.3 Å². The van der Waals surface area contributed by atoms with Crippen LogP contribution in [0.2, 0.25) is 0 Å². The van der Waals surface area contributed by atoms with Crippen molar-refractivity contribution >= 4 is 34.1 Å². The topological polar surface area (TPSA) is 54.9 Å². The molecule has 0 unspecified atom stereocenters. The molecule has 1 aromatic heterocycles. The van der Waals surface area contributed by atoms with Gasteiger partial charge in [0, 0.05) is 22.0 Å². The fraction of sp³-hybridized carbons (Fsp3) is 0.125. The average Bonchev–Trinajstić information content (AvgIpc) is 2.76. The summed E-state index contributed by atoms with van der Waals surface area (Å²) in [6, 6.07) is 21.7. The summed E-state index contributed by atoms with van der Waals surface area (Å²) in [5.41, 5.74) is 3.38. The summed E-state index contributed by atoms with van der Waals surface area (Å²) in [6.45, 7) is 3.85. The lowest BCUT2D eigenvalue weighted by molar-refractivity contribution is -0.115. The van der Waals surface area contributed by atoms with Gasteiger partial charge in [0.1, 0.15) is 16.5 Å². The van der Waals surface area contributed by atoms with Gasteiger partial charge < -0.3 is 5.32 Å². The maximum absolute atomic E-state index is 13.3. The highest BCUT2D eigenvalue weighted by Gasteiger charge is 2.19. The first kappa shape index (κ1) is 20.0. The van der Waals surface area contributed by atoms with E-state index in [4.69, 9.17) is 0 Å². The minimum atomic E-state index is -0.360. The number of fused-ring (bicyclic) bond motifs is 1. The molecule has 0 aliphatic heterocycles. The van der Waals surface area contributed by atoms with Crippen molar-refractivity contribution in [3.63, 3.8) is 0 Å². The van der Waals surface area contributed by atoms with Crippen molar-refractivity contribution in [1.82, 2.24) is 10.2 Å². The van der Waals surface area contributed by atoms with Gasteiger partial charge in [-0.05, 0) is 50.2 Å². The molecule has 150 valence electrons. The van der Waals surface area contributed by atoms with Crippen LogP contribution in [0.3, 0.4) is 0 Å². The Kier molecular flexibility index (Phi) is 5.77. The third-order valence-electron chi connectivity index (χ3n) is 4.75. The second-order valence-corrected chi connectivity index (χ2v) is 8.35. The number of hydrogen-bond donors (Lipinski definition) is 1. The molecule has 1 N–H and O–H groups in total. The summed E-state index contributed by atoms with van der Waals surface area (Å²) in [4.78, 5) is 12.6. The van der Waals surface area contributed by atoms with Crippen LogP contribution in [0.5, 0.6) is 0 Å². The van der Waals surface area contributed by atoms with Crippen molar-refractivity contribution in [2.45, 2.75) is 24.1 Å². The van der Waals surface area contributed by atoms with Crippen LogP contribution < -0.4 is 5.32 Å². The predicted molar refractivity (Wildman–Crippen MR) is 120 cm³/mol. The molecule has 0 radical (unpaired) electrons. The monoisotopic (exact) mass is 417 g/mol. The van der Waals surface area contributed by atoms with E-state index < -0.39 is 0 Å². The van der Waals surface area contributed by atoms with E-state index in [9.17, 15) is 9.18 Å². The third-order valence-corrected chi connectivity index (χ3v) is 5.84. The van der Waals surface area contributed by atoms with Gasteiger partial charge in [-0.15, -0.1) is 10.2 Å². The Morgan fingerprint density at radius 1 is 0.933 bits per heavy atom. The molecular weight excluding hydrogens is 397 g/mol. The van der Waals surface area contributed by atoms with Crippen LogP contribution in [-0.4, -0.2) is 21.4 Å². The van der Waals surface area contributed by atoms with Gasteiger partial charge in [0.05, 0.1) is 5.25 Å². The van der Waals surface area contributed by atoms with Gasteiger partial charge in [-0.1, -0.05) is 53.7 Å². The van der Waals surface area contributed by atoms with Crippen LogP contribution in [0.15, 0.2) is 77.8 Å². The first-order valence-corrected chi connectivity index (χ1v) is 10.4. The summed E-state index contributed by atoms with van der Waals surface area (Å²) in [5.74, 6) is -0.394. The number of nitrogens with zero attached hydrogens (tertiary/aromatic N) is 2. The van der Waals surface area contributed by atoms with Crippen LogP contribution in [0.4, 0.5) is 10.1 Å². The molecule has 1 atom stereocenters. The van der Waals surface area contributed by atoms with E-state index >= 15 is 0 Å². The molecule has 0 aliphatic carbocycles. The molecule has 30 heavy (non-hydrogen) atoms. The first-order valence-electron chi connectivity index (χ1n) is 9.57. The second kappa shape index (κ2) is 8.63. The number of aryl methyl sites for hydroxylation is 1. The van der Waals surface area contributed by atoms with E-state index in [1.165, 1.54) is 23.9 Å². The zero-order chi connectivity index (χ0) is 21.1. The molecule has 1 heterocycles. The molecule has 3 aromatic carbocycles. The summed E-state index contributed by atoms with van der Waals surface area (Å²) >= 11 is 1.36. The van der Waals surface area contributed by atoms with Crippen molar-refractivity contribution in [2.24, 2.45) is 0 Å². The highest BCUT2D eigenvalue weighted by atomic mass is 32.2. The van der Waals surface area contributed by atoms with Gasteiger partial charge in [-0.25, -0.2) is 4.39 Å². The van der Waals surface area contributed by atoms with Gasteiger partial charge >= 0.3 is 0 Å². The van der Waals surface area contributed by atoms with E-state index in [-0.39, 0.29) is 17.0 Å². The Morgan fingerprint density at radius 2 is 1.60 bits per heavy atom. The first-order chi connectivity index (χ1) is 14.5. The molecule has 6 heteroatoms. The van der Waals surface area contributed by atoms with Gasteiger partial charge in [-0.2, -0.15) is 0 Å². The number of hydrogen-bond acceptors (Lipinski definition) is 4. The lowest BCUT2D eigenvalue weighted by atomic mass is 10.1. The smallest absolute Gasteiger partial charge is 0.237 e. The van der Waals surface area contributed by atoms with Crippen molar-refractivity contribution in [1.29, 1.82) is 0 Å². The quantitative estimate of drug-likeness (QED) is 0.413. The molecule has 4 rings (SSSR count). The van der Waals surface area contributed by atoms with Gasteiger partial charge in [0.2, 0.25) is 5.91 Å². The standard InChI is InChI=1S/C24H20FN3OS/c1-15-7-13-19(14-8-15)26-23(29)16(2)30-24-21-6-4-3-5-20(21)22(27-28-24)17-9-11-18(25)12-10-17/h3-14,16H,1-2H3,(H,26,29)/t16-/m1/s1. The molecule has 1 amide bonds. The largest absolute Gasteiger partial charge is 0.325 e. The number of halogens is 1. The van der Waals surface area contributed by atoms with E-state index in [0.717, 1.165) is 27.6 Å². The highest BCUT2D eigenvalue weighted by Crippen LogP contribution is 2.33. The molecule has 0 fully saturated rings. The third kappa shape index (κ3) is 4.33. The van der Waals surface area contributed by atoms with Gasteiger partial charge in [0.15, 0.2) is 0 Å². The van der Waals surface area contributed by atoms with Crippen molar-refractivity contribution in [2.75, 3.05) is 5.32 Å². The van der Waals surface area contributed by atoms with Crippen LogP contribution >= 0.6 is 11.8 Å². The Bertz CT molecular complexity index is 1190. The number of thioether (sulfide) groups is 1. The van der Waals surface area contributed by atoms with Crippen molar-refractivity contribution in [3.05, 3.63) is 84.2 Å². The van der Waals surface area contributed by atoms with Gasteiger partial charge in [0.25, 0.3) is 0 Å². The number of nitrogens with one attached hydrogen (secondary N) is 1. The van der Waals surface area contributed by atoms with Crippen LogP contribution in [0.1, 0.15) is 12.5 Å². The van der Waals surface area contributed by atoms with Crippen LogP contribution in [-0.2, 0) is 4.79 Å². The summed E-state index contributed by atoms with van der Waals surface area (Å²) in [6.07, 6.45) is 0. The Balaban J connectivity index is 1.60. The summed E-state index contributed by atoms with van der Waals surface area (Å²) in [7, 11) is 0. The number of amides is 1. The fourth-order valence-electron chi connectivity index (χ4n) is 3.09. The SMILES string of the molecule is Cc1ccc(NC(=O)[C@@H](C)Sc2nnc(-c3ccc(F)cc3)c3ccccc23)cc1. The van der Waals surface area contributed by atoms with E-state index in [1.54, 1.807) is 12.1 Å². The molecular formula is C24H20FN3OS. The maximum atomic E-state index is 13.3. The second-order valence-electron chi connectivity index (χ2n) is 7.02. The molecule has 4 aromatic rings. The Morgan fingerprint density at radius 3 is 2.30 bits per heavy atom. The van der Waals surface area contributed by atoms with E-state index in [2.05, 4.69) is 15.5 Å². The zero-order valence-electron chi connectivity index (χ0n) is 16.6. The van der Waals surface area contributed by atoms with E-state index in [0.29, 0.717) is 10.7 Å². The Hall–Kier alpha value is -3.25. The number of carbonyl (C=O) groups excluding carboxylic acids is 1. The van der Waals surface area contributed by atoms with Gasteiger partial charge in [-0.3, -0.25) is 4.79 Å². The lowest BCUT2D eigenvalue weighted by Gasteiger charge is -2.14. The summed E-state index contributed by atoms with van der Waals surface area (Å²) in [5, 5.41) is 13.9. The highest BCUT2D eigenvalue weighted by molar-refractivity contribution is 8.00. The molecule has 0 bridgehead atoms. The number of benzene rings is 3. The zero-order valence-corrected chi connectivity index (χ0v) is 17.4. The van der Waals surface area contributed by atoms with E-state index in [1.807, 2.05) is 62.4 Å². The number of carbonyl (C=O) groups is 1. The maximum Gasteiger partial charge on any atom is 0.237 e. The molecule has 0 aliphatic rings. The van der Waals surface area contributed by atoms with Crippen molar-refractivity contribution < 1.29 is 9.18 Å². The molecule has 0 spiro atoms. The number of rotatable bonds is 5. The Labute approximate surface area is 178 Å². The average molecular weight is 418 g/mol. The normalized spacial score (nSPS) is 12.0. The number of aromatic nitrogens is 2. The summed E-state index contributed by atoms with van der Waals surface area (Å²) < 4.78 is 13.3. The molecule has 0 saturated heterocycles. The lowest BCUT2D eigenvalue weighted by Crippen LogP contribution is -2.22. The number of anilines is 1.